The van der Waals surface area contributed by atoms with Crippen LogP contribution in [0.5, 0.6) is 5.75 Å². The Morgan fingerprint density at radius 3 is 2.93 bits per heavy atom. The number of benzene rings is 1. The summed E-state index contributed by atoms with van der Waals surface area (Å²) in [5, 5.41) is 6.35. The molecule has 1 fully saturated rings. The van der Waals surface area contributed by atoms with Crippen LogP contribution in [0.25, 0.3) is 0 Å². The second-order valence-corrected chi connectivity index (χ2v) is 8.54. The van der Waals surface area contributed by atoms with Crippen molar-refractivity contribution >= 4 is 21.7 Å². The maximum absolute atomic E-state index is 12.8. The van der Waals surface area contributed by atoms with Crippen molar-refractivity contribution in [3.8, 4) is 5.75 Å². The molecule has 27 heavy (non-hydrogen) atoms. The number of amides is 1. The standard InChI is InChI=1S/C18H23N3O5S/c1-13-11-17(20-26-13)19-18(22)16-7-4-9-21(16)27(23,24)10-8-14-5-3-6-15(12-14)25-2/h3,5-6,11-12,16H,4,7-10H2,1-2H3,(H,19,20,22). The van der Waals surface area contributed by atoms with Crippen LogP contribution in [0.1, 0.15) is 24.2 Å². The average Bonchev–Trinajstić information content (AvgIpc) is 3.30. The molecule has 0 spiro atoms. The minimum Gasteiger partial charge on any atom is -0.497 e. The number of sulfonamides is 1. The fourth-order valence-electron chi connectivity index (χ4n) is 3.16. The molecule has 0 radical (unpaired) electrons. The van der Waals surface area contributed by atoms with Gasteiger partial charge in [0, 0.05) is 12.6 Å². The van der Waals surface area contributed by atoms with Crippen LogP contribution in [0.4, 0.5) is 5.82 Å². The minimum atomic E-state index is -3.57. The van der Waals surface area contributed by atoms with Crippen LogP contribution in [0.2, 0.25) is 0 Å². The van der Waals surface area contributed by atoms with Crippen molar-refractivity contribution in [2.75, 3.05) is 24.7 Å². The lowest BCUT2D eigenvalue weighted by molar-refractivity contribution is -0.119. The second-order valence-electron chi connectivity index (χ2n) is 6.50. The summed E-state index contributed by atoms with van der Waals surface area (Å²) in [6.45, 7) is 2.06. The fraction of sp³-hybridized carbons (Fsp3) is 0.444. The average molecular weight is 393 g/mol. The monoisotopic (exact) mass is 393 g/mol. The highest BCUT2D eigenvalue weighted by molar-refractivity contribution is 7.89. The lowest BCUT2D eigenvalue weighted by Gasteiger charge is -2.23. The van der Waals surface area contributed by atoms with Crippen molar-refractivity contribution in [1.29, 1.82) is 0 Å². The minimum absolute atomic E-state index is 0.0625. The molecular weight excluding hydrogens is 370 g/mol. The number of carbonyl (C=O) groups excluding carboxylic acids is 1. The third-order valence-corrected chi connectivity index (χ3v) is 6.40. The van der Waals surface area contributed by atoms with Gasteiger partial charge in [-0.2, -0.15) is 4.31 Å². The largest absolute Gasteiger partial charge is 0.497 e. The van der Waals surface area contributed by atoms with Gasteiger partial charge in [0.15, 0.2) is 5.82 Å². The van der Waals surface area contributed by atoms with Crippen molar-refractivity contribution in [1.82, 2.24) is 9.46 Å². The van der Waals surface area contributed by atoms with Gasteiger partial charge in [0.25, 0.3) is 0 Å². The van der Waals surface area contributed by atoms with Gasteiger partial charge in [-0.1, -0.05) is 17.3 Å². The van der Waals surface area contributed by atoms with Gasteiger partial charge in [-0.25, -0.2) is 8.42 Å². The maximum atomic E-state index is 12.8. The van der Waals surface area contributed by atoms with Crippen LogP contribution < -0.4 is 10.1 Å². The van der Waals surface area contributed by atoms with E-state index in [9.17, 15) is 13.2 Å². The molecule has 1 aliphatic rings. The summed E-state index contributed by atoms with van der Waals surface area (Å²) in [7, 11) is -2.00. The summed E-state index contributed by atoms with van der Waals surface area (Å²) in [5.41, 5.74) is 0.871. The van der Waals surface area contributed by atoms with E-state index in [1.165, 1.54) is 4.31 Å². The number of aromatic nitrogens is 1. The Bertz CT molecular complexity index is 909. The van der Waals surface area contributed by atoms with E-state index in [-0.39, 0.29) is 17.5 Å². The molecule has 8 nitrogen and oxygen atoms in total. The Labute approximate surface area is 158 Å². The SMILES string of the molecule is COc1cccc(CCS(=O)(=O)N2CCCC2C(=O)Nc2cc(C)on2)c1. The van der Waals surface area contributed by atoms with E-state index >= 15 is 0 Å². The van der Waals surface area contributed by atoms with Crippen molar-refractivity contribution in [3.05, 3.63) is 41.7 Å². The maximum Gasteiger partial charge on any atom is 0.244 e. The predicted octanol–water partition coefficient (Wildman–Crippen LogP) is 1.97. The van der Waals surface area contributed by atoms with Gasteiger partial charge >= 0.3 is 0 Å². The lowest BCUT2D eigenvalue weighted by Crippen LogP contribution is -2.44. The number of hydrogen-bond acceptors (Lipinski definition) is 6. The summed E-state index contributed by atoms with van der Waals surface area (Å²) in [6.07, 6.45) is 1.49. The third kappa shape index (κ3) is 4.67. The molecular formula is C18H23N3O5S. The summed E-state index contributed by atoms with van der Waals surface area (Å²) < 4.78 is 37.0. The summed E-state index contributed by atoms with van der Waals surface area (Å²) in [6, 6.07) is 8.18. The molecule has 1 atom stereocenters. The summed E-state index contributed by atoms with van der Waals surface area (Å²) >= 11 is 0. The first-order valence-corrected chi connectivity index (χ1v) is 10.4. The molecule has 2 aromatic rings. The lowest BCUT2D eigenvalue weighted by atomic mass is 10.2. The summed E-state index contributed by atoms with van der Waals surface area (Å²) in [5.74, 6) is 1.10. The van der Waals surface area contributed by atoms with Crippen LogP contribution in [0.15, 0.2) is 34.9 Å². The van der Waals surface area contributed by atoms with Gasteiger partial charge in [-0.15, -0.1) is 0 Å². The number of ether oxygens (including phenoxy) is 1. The molecule has 9 heteroatoms. The van der Waals surface area contributed by atoms with Gasteiger partial charge in [0.05, 0.1) is 12.9 Å². The fourth-order valence-corrected chi connectivity index (χ4v) is 4.89. The number of hydrogen-bond donors (Lipinski definition) is 1. The highest BCUT2D eigenvalue weighted by Gasteiger charge is 2.38. The third-order valence-electron chi connectivity index (χ3n) is 4.53. The second kappa shape index (κ2) is 8.10. The predicted molar refractivity (Wildman–Crippen MR) is 100 cm³/mol. The molecule has 146 valence electrons. The van der Waals surface area contributed by atoms with Gasteiger partial charge in [-0.05, 0) is 43.9 Å². The van der Waals surface area contributed by atoms with E-state index in [0.29, 0.717) is 37.3 Å². The quantitative estimate of drug-likeness (QED) is 0.772. The molecule has 1 aromatic carbocycles. The molecule has 1 aromatic heterocycles. The van der Waals surface area contributed by atoms with E-state index in [4.69, 9.17) is 9.26 Å². The molecule has 1 aliphatic heterocycles. The number of methoxy groups -OCH3 is 1. The molecule has 0 saturated carbocycles. The zero-order chi connectivity index (χ0) is 19.4. The zero-order valence-corrected chi connectivity index (χ0v) is 16.2. The first-order chi connectivity index (χ1) is 12.9. The van der Waals surface area contributed by atoms with E-state index in [1.54, 1.807) is 20.1 Å². The Balaban J connectivity index is 1.66. The zero-order valence-electron chi connectivity index (χ0n) is 15.3. The molecule has 2 heterocycles. The van der Waals surface area contributed by atoms with Gasteiger partial charge in [0.1, 0.15) is 17.6 Å². The van der Waals surface area contributed by atoms with E-state index < -0.39 is 16.1 Å². The molecule has 0 aliphatic carbocycles. The van der Waals surface area contributed by atoms with Crippen LogP contribution >= 0.6 is 0 Å². The Morgan fingerprint density at radius 1 is 1.41 bits per heavy atom. The topological polar surface area (TPSA) is 102 Å². The Kier molecular flexibility index (Phi) is 5.81. The molecule has 1 amide bonds. The number of carbonyl (C=O) groups is 1. The van der Waals surface area contributed by atoms with Crippen LogP contribution in [0.3, 0.4) is 0 Å². The van der Waals surface area contributed by atoms with Crippen molar-refractivity contribution in [3.63, 3.8) is 0 Å². The van der Waals surface area contributed by atoms with E-state index in [0.717, 1.165) is 5.56 Å². The number of aryl methyl sites for hydroxylation is 2. The first-order valence-electron chi connectivity index (χ1n) is 8.76. The van der Waals surface area contributed by atoms with Gasteiger partial charge in [0.2, 0.25) is 15.9 Å². The van der Waals surface area contributed by atoms with E-state index in [2.05, 4.69) is 10.5 Å². The van der Waals surface area contributed by atoms with E-state index in [1.807, 2.05) is 24.3 Å². The first kappa shape index (κ1) is 19.4. The van der Waals surface area contributed by atoms with Crippen LogP contribution in [-0.4, -0.2) is 49.2 Å². The Morgan fingerprint density at radius 2 is 2.22 bits per heavy atom. The summed E-state index contributed by atoms with van der Waals surface area (Å²) in [4.78, 5) is 12.5. The highest BCUT2D eigenvalue weighted by atomic mass is 32.2. The van der Waals surface area contributed by atoms with Gasteiger partial charge in [-0.3, -0.25) is 4.79 Å². The van der Waals surface area contributed by atoms with Crippen molar-refractivity contribution < 1.29 is 22.5 Å². The molecule has 1 saturated heterocycles. The normalized spacial score (nSPS) is 17.8. The van der Waals surface area contributed by atoms with Crippen molar-refractivity contribution in [2.45, 2.75) is 32.2 Å². The van der Waals surface area contributed by atoms with Crippen LogP contribution in [-0.2, 0) is 21.2 Å². The molecule has 1 unspecified atom stereocenters. The number of rotatable bonds is 7. The van der Waals surface area contributed by atoms with Crippen LogP contribution in [0, 0.1) is 6.92 Å². The number of nitrogens with zero attached hydrogens (tertiary/aromatic N) is 2. The molecule has 1 N–H and O–H groups in total. The molecule has 3 rings (SSSR count). The van der Waals surface area contributed by atoms with Gasteiger partial charge < -0.3 is 14.6 Å². The Hall–Kier alpha value is -2.39. The number of nitrogens with one attached hydrogen (secondary N) is 1. The van der Waals surface area contributed by atoms with Crippen molar-refractivity contribution in [2.24, 2.45) is 0 Å². The number of anilines is 1. The molecule has 0 bridgehead atoms. The smallest absolute Gasteiger partial charge is 0.244 e. The highest BCUT2D eigenvalue weighted by Crippen LogP contribution is 2.24.